The topological polar surface area (TPSA) is 41.5 Å². The first-order chi connectivity index (χ1) is 9.83. The second-order valence-corrected chi connectivity index (χ2v) is 4.99. The van der Waals surface area contributed by atoms with Crippen LogP contribution >= 0.6 is 0 Å². The van der Waals surface area contributed by atoms with Crippen molar-refractivity contribution in [2.45, 2.75) is 12.8 Å². The second-order valence-electron chi connectivity index (χ2n) is 4.99. The molecule has 20 heavy (non-hydrogen) atoms. The predicted molar refractivity (Wildman–Crippen MR) is 79.4 cm³/mol. The van der Waals surface area contributed by atoms with Gasteiger partial charge in [-0.05, 0) is 17.5 Å². The van der Waals surface area contributed by atoms with Crippen molar-refractivity contribution in [2.24, 2.45) is 11.0 Å². The van der Waals surface area contributed by atoms with Gasteiger partial charge in [-0.2, -0.15) is 5.10 Å². The zero-order valence-electron chi connectivity index (χ0n) is 11.1. The Balaban J connectivity index is 1.77. The largest absolute Gasteiger partial charge is 0.273 e. The third-order valence-corrected chi connectivity index (χ3v) is 3.54. The van der Waals surface area contributed by atoms with E-state index in [1.807, 2.05) is 48.5 Å². The number of hydrogen-bond donors (Lipinski definition) is 1. The van der Waals surface area contributed by atoms with Crippen LogP contribution in [0.2, 0.25) is 0 Å². The van der Waals surface area contributed by atoms with Crippen molar-refractivity contribution in [1.82, 2.24) is 5.43 Å². The second kappa shape index (κ2) is 5.70. The highest BCUT2D eigenvalue weighted by molar-refractivity contribution is 6.04. The molecule has 3 rings (SSSR count). The van der Waals surface area contributed by atoms with Gasteiger partial charge in [0.25, 0.3) is 0 Å². The van der Waals surface area contributed by atoms with Crippen molar-refractivity contribution >= 4 is 11.6 Å². The van der Waals surface area contributed by atoms with Crippen LogP contribution in [0, 0.1) is 5.92 Å². The summed E-state index contributed by atoms with van der Waals surface area (Å²) >= 11 is 0. The molecular formula is C17H16N2O. The van der Waals surface area contributed by atoms with Gasteiger partial charge < -0.3 is 0 Å². The van der Waals surface area contributed by atoms with E-state index < -0.39 is 0 Å². The molecule has 1 heterocycles. The summed E-state index contributed by atoms with van der Waals surface area (Å²) in [5, 5.41) is 4.19. The lowest BCUT2D eigenvalue weighted by atomic mass is 9.90. The minimum Gasteiger partial charge on any atom is -0.273 e. The van der Waals surface area contributed by atoms with Crippen LogP contribution in [0.1, 0.15) is 17.5 Å². The maximum absolute atomic E-state index is 12.0. The molecule has 0 aliphatic carbocycles. The van der Waals surface area contributed by atoms with Crippen molar-refractivity contribution in [3.05, 3.63) is 71.8 Å². The first-order valence-electron chi connectivity index (χ1n) is 6.78. The number of carbonyl (C=O) groups is 1. The fourth-order valence-corrected chi connectivity index (χ4v) is 2.46. The van der Waals surface area contributed by atoms with E-state index in [0.717, 1.165) is 17.7 Å². The van der Waals surface area contributed by atoms with E-state index in [0.29, 0.717) is 6.42 Å². The zero-order chi connectivity index (χ0) is 13.8. The molecule has 0 bridgehead atoms. The van der Waals surface area contributed by atoms with Crippen molar-refractivity contribution < 1.29 is 4.79 Å². The summed E-state index contributed by atoms with van der Waals surface area (Å²) in [6.07, 6.45) is 1.43. The van der Waals surface area contributed by atoms with Gasteiger partial charge in [0, 0.05) is 12.3 Å². The Morgan fingerprint density at radius 3 is 2.35 bits per heavy atom. The van der Waals surface area contributed by atoms with E-state index in [1.54, 1.807) is 0 Å². The molecule has 2 aromatic carbocycles. The molecule has 3 nitrogen and oxygen atoms in total. The maximum Gasteiger partial charge on any atom is 0.243 e. The van der Waals surface area contributed by atoms with Crippen molar-refractivity contribution in [2.75, 3.05) is 0 Å². The Morgan fingerprint density at radius 2 is 1.65 bits per heavy atom. The monoisotopic (exact) mass is 264 g/mol. The molecule has 1 atom stereocenters. The SMILES string of the molecule is O=C1NN=C(c2ccccc2)C[C@@H]1Cc1ccccc1. The predicted octanol–water partition coefficient (Wildman–Crippen LogP) is 2.77. The highest BCUT2D eigenvalue weighted by Gasteiger charge is 2.25. The van der Waals surface area contributed by atoms with Crippen molar-refractivity contribution in [3.8, 4) is 0 Å². The van der Waals surface area contributed by atoms with Crippen LogP contribution in [0.25, 0.3) is 0 Å². The summed E-state index contributed by atoms with van der Waals surface area (Å²) in [5.74, 6) is -0.0429. The highest BCUT2D eigenvalue weighted by atomic mass is 16.2. The zero-order valence-corrected chi connectivity index (χ0v) is 11.1. The molecule has 1 N–H and O–H groups in total. The van der Waals surface area contributed by atoms with Gasteiger partial charge in [-0.15, -0.1) is 0 Å². The molecule has 1 aliphatic rings. The third kappa shape index (κ3) is 2.77. The highest BCUT2D eigenvalue weighted by Crippen LogP contribution is 2.19. The number of benzene rings is 2. The van der Waals surface area contributed by atoms with Crippen LogP contribution in [-0.2, 0) is 11.2 Å². The Bertz CT molecular complexity index is 620. The Morgan fingerprint density at radius 1 is 1.00 bits per heavy atom. The minimum absolute atomic E-state index is 0.00790. The number of hydrogen-bond acceptors (Lipinski definition) is 2. The number of amides is 1. The maximum atomic E-state index is 12.0. The average molecular weight is 264 g/mol. The standard InChI is InChI=1S/C17H16N2O/c20-17-15(11-13-7-3-1-4-8-13)12-16(18-19-17)14-9-5-2-6-10-14/h1-10,15H,11-12H2,(H,19,20)/t15-/m0/s1. The van der Waals surface area contributed by atoms with Crippen molar-refractivity contribution in [1.29, 1.82) is 0 Å². The number of nitrogens with one attached hydrogen (secondary N) is 1. The first kappa shape index (κ1) is 12.6. The van der Waals surface area contributed by atoms with E-state index in [-0.39, 0.29) is 11.8 Å². The minimum atomic E-state index is -0.0508. The molecule has 1 amide bonds. The van der Waals surface area contributed by atoms with Crippen molar-refractivity contribution in [3.63, 3.8) is 0 Å². The summed E-state index contributed by atoms with van der Waals surface area (Å²) in [4.78, 5) is 12.0. The van der Waals surface area contributed by atoms with Gasteiger partial charge >= 0.3 is 0 Å². The van der Waals surface area contributed by atoms with Gasteiger partial charge in [0.15, 0.2) is 0 Å². The molecule has 0 fully saturated rings. The Hall–Kier alpha value is -2.42. The smallest absolute Gasteiger partial charge is 0.243 e. The van der Waals surface area contributed by atoms with Crippen LogP contribution in [0.5, 0.6) is 0 Å². The van der Waals surface area contributed by atoms with Gasteiger partial charge in [-0.3, -0.25) is 4.79 Å². The number of rotatable bonds is 3. The first-order valence-corrected chi connectivity index (χ1v) is 6.78. The molecule has 0 unspecified atom stereocenters. The van der Waals surface area contributed by atoms with E-state index in [2.05, 4.69) is 22.7 Å². The molecule has 100 valence electrons. The molecule has 1 aliphatic heterocycles. The number of hydrazone groups is 1. The molecule has 0 radical (unpaired) electrons. The fourth-order valence-electron chi connectivity index (χ4n) is 2.46. The Kier molecular flexibility index (Phi) is 3.59. The van der Waals surface area contributed by atoms with Gasteiger partial charge in [0.05, 0.1) is 5.71 Å². The molecule has 0 spiro atoms. The molecule has 0 aromatic heterocycles. The van der Waals surface area contributed by atoms with Gasteiger partial charge in [-0.25, -0.2) is 5.43 Å². The fraction of sp³-hybridized carbons (Fsp3) is 0.176. The molecule has 0 saturated carbocycles. The number of nitrogens with zero attached hydrogens (tertiary/aromatic N) is 1. The number of carbonyl (C=O) groups excluding carboxylic acids is 1. The van der Waals surface area contributed by atoms with Crippen LogP contribution in [0.15, 0.2) is 65.8 Å². The van der Waals surface area contributed by atoms with Gasteiger partial charge in [0.2, 0.25) is 5.91 Å². The lowest BCUT2D eigenvalue weighted by Gasteiger charge is -2.21. The normalized spacial score (nSPS) is 18.3. The van der Waals surface area contributed by atoms with Crippen LogP contribution in [-0.4, -0.2) is 11.6 Å². The van der Waals surface area contributed by atoms with E-state index in [4.69, 9.17) is 0 Å². The molecule has 0 saturated heterocycles. The molecule has 3 heteroatoms. The molecular weight excluding hydrogens is 248 g/mol. The summed E-state index contributed by atoms with van der Waals surface area (Å²) < 4.78 is 0. The third-order valence-electron chi connectivity index (χ3n) is 3.54. The lowest BCUT2D eigenvalue weighted by molar-refractivity contribution is -0.125. The van der Waals surface area contributed by atoms with Gasteiger partial charge in [-0.1, -0.05) is 60.7 Å². The summed E-state index contributed by atoms with van der Waals surface area (Å²) in [6.45, 7) is 0. The average Bonchev–Trinajstić information content (AvgIpc) is 2.51. The molecule has 2 aromatic rings. The summed E-state index contributed by atoms with van der Waals surface area (Å²) in [6, 6.07) is 20.1. The quantitative estimate of drug-likeness (QED) is 0.910. The van der Waals surface area contributed by atoms with E-state index in [9.17, 15) is 4.79 Å². The lowest BCUT2D eigenvalue weighted by Crippen LogP contribution is -2.36. The van der Waals surface area contributed by atoms with Gasteiger partial charge in [0.1, 0.15) is 0 Å². The van der Waals surface area contributed by atoms with Crippen LogP contribution in [0.3, 0.4) is 0 Å². The Labute approximate surface area is 118 Å². The van der Waals surface area contributed by atoms with E-state index >= 15 is 0 Å². The van der Waals surface area contributed by atoms with E-state index in [1.165, 1.54) is 5.56 Å². The van der Waals surface area contributed by atoms with Crippen LogP contribution < -0.4 is 5.43 Å². The van der Waals surface area contributed by atoms with Crippen LogP contribution in [0.4, 0.5) is 0 Å². The summed E-state index contributed by atoms with van der Waals surface area (Å²) in [7, 11) is 0. The summed E-state index contributed by atoms with van der Waals surface area (Å²) in [5.41, 5.74) is 5.86.